The summed E-state index contributed by atoms with van der Waals surface area (Å²) in [6.07, 6.45) is 7.27. The first-order valence-electron chi connectivity index (χ1n) is 13.7. The van der Waals surface area contributed by atoms with Crippen molar-refractivity contribution in [1.82, 2.24) is 14.5 Å². The Balaban J connectivity index is 1.60. The number of imidazole rings is 1. The Morgan fingerprint density at radius 2 is 1.76 bits per heavy atom. The zero-order valence-corrected chi connectivity index (χ0v) is 23.1. The summed E-state index contributed by atoms with van der Waals surface area (Å²) in [5.41, 5.74) is 2.34. The Hall–Kier alpha value is -3.61. The number of anilines is 1. The summed E-state index contributed by atoms with van der Waals surface area (Å²) in [5.74, 6) is 1.41. The number of benzene rings is 2. The van der Waals surface area contributed by atoms with E-state index >= 15 is 0 Å². The van der Waals surface area contributed by atoms with Crippen LogP contribution < -0.4 is 10.1 Å². The molecule has 1 atom stereocenters. The first-order valence-corrected chi connectivity index (χ1v) is 13.7. The number of unbranched alkanes of at least 4 members (excludes halogenated alkanes) is 2. The van der Waals surface area contributed by atoms with Crippen molar-refractivity contribution in [3.05, 3.63) is 77.7 Å². The van der Waals surface area contributed by atoms with E-state index in [1.54, 1.807) is 20.2 Å². The molecule has 0 bridgehead atoms. The number of hydrogen-bond acceptors (Lipinski definition) is 4. The van der Waals surface area contributed by atoms with Crippen molar-refractivity contribution in [3.8, 4) is 5.75 Å². The molecular formula is C31H40N4O3. The number of aromatic nitrogens is 2. The molecule has 1 fully saturated rings. The van der Waals surface area contributed by atoms with Crippen molar-refractivity contribution in [2.45, 2.75) is 63.7 Å². The fourth-order valence-electron chi connectivity index (χ4n) is 5.43. The minimum Gasteiger partial charge on any atom is -0.497 e. The number of rotatable bonds is 12. The Kier molecular flexibility index (Phi) is 8.87. The van der Waals surface area contributed by atoms with Gasteiger partial charge in [0.05, 0.1) is 7.11 Å². The van der Waals surface area contributed by atoms with Gasteiger partial charge in [-0.15, -0.1) is 0 Å². The van der Waals surface area contributed by atoms with E-state index in [9.17, 15) is 9.59 Å². The highest BCUT2D eigenvalue weighted by molar-refractivity contribution is 5.90. The van der Waals surface area contributed by atoms with Gasteiger partial charge in [0.2, 0.25) is 11.8 Å². The van der Waals surface area contributed by atoms with E-state index in [0.717, 1.165) is 24.2 Å². The average molecular weight is 517 g/mol. The molecule has 1 aromatic heterocycles. The van der Waals surface area contributed by atoms with Crippen molar-refractivity contribution in [2.75, 3.05) is 25.5 Å². The number of hydrogen-bond donors (Lipinski definition) is 1. The highest BCUT2D eigenvalue weighted by Gasteiger charge is 2.47. The van der Waals surface area contributed by atoms with Gasteiger partial charge in [-0.3, -0.25) is 9.59 Å². The number of carbonyl (C=O) groups excluding carboxylic acids is 2. The van der Waals surface area contributed by atoms with E-state index in [1.165, 1.54) is 18.4 Å². The molecule has 0 aliphatic carbocycles. The van der Waals surface area contributed by atoms with Crippen LogP contribution in [0.25, 0.3) is 0 Å². The quantitative estimate of drug-likeness (QED) is 0.324. The standard InChI is InChI=1S/C31H40N4O3/c1-5-7-11-18-31(24-12-9-8-10-13-24)21-35(22-31)30(37)26(19-23-14-16-25(38-4)17-15-23)29-33-27(20-34(29)3)32-28(36)6-2/h8-10,12-17,20,26H,5-7,11,18-19,21-22H2,1-4H3,(H,32,36)/t26-/m1/s1. The van der Waals surface area contributed by atoms with Crippen molar-refractivity contribution in [1.29, 1.82) is 0 Å². The van der Waals surface area contributed by atoms with Crippen LogP contribution in [0.3, 0.4) is 0 Å². The van der Waals surface area contributed by atoms with E-state index in [0.29, 0.717) is 37.6 Å². The number of likely N-dealkylation sites (tertiary alicyclic amines) is 1. The topological polar surface area (TPSA) is 76.5 Å². The maximum absolute atomic E-state index is 14.1. The van der Waals surface area contributed by atoms with Gasteiger partial charge in [-0.25, -0.2) is 4.98 Å². The molecule has 2 heterocycles. The fourth-order valence-corrected chi connectivity index (χ4v) is 5.43. The molecule has 1 N–H and O–H groups in total. The molecule has 2 aromatic carbocycles. The van der Waals surface area contributed by atoms with E-state index < -0.39 is 5.92 Å². The van der Waals surface area contributed by atoms with Gasteiger partial charge in [-0.05, 0) is 36.1 Å². The second-order valence-electron chi connectivity index (χ2n) is 10.4. The average Bonchev–Trinajstić information content (AvgIpc) is 3.28. The summed E-state index contributed by atoms with van der Waals surface area (Å²) in [5, 5.41) is 2.83. The normalized spacial score (nSPS) is 15.0. The third-order valence-electron chi connectivity index (χ3n) is 7.65. The highest BCUT2D eigenvalue weighted by atomic mass is 16.5. The molecule has 7 nitrogen and oxygen atoms in total. The zero-order chi connectivity index (χ0) is 27.1. The molecule has 1 aliphatic heterocycles. The molecule has 2 amide bonds. The summed E-state index contributed by atoms with van der Waals surface area (Å²) >= 11 is 0. The molecule has 0 saturated carbocycles. The van der Waals surface area contributed by atoms with Gasteiger partial charge in [0, 0.05) is 38.2 Å². The Morgan fingerprint density at radius 1 is 1.05 bits per heavy atom. The maximum atomic E-state index is 14.1. The predicted octanol–water partition coefficient (Wildman–Crippen LogP) is 5.46. The van der Waals surface area contributed by atoms with Gasteiger partial charge in [0.1, 0.15) is 17.5 Å². The number of nitrogens with one attached hydrogen (secondary N) is 1. The van der Waals surface area contributed by atoms with Crippen LogP contribution in [-0.2, 0) is 28.5 Å². The van der Waals surface area contributed by atoms with Gasteiger partial charge in [0.25, 0.3) is 0 Å². The Labute approximate surface area is 226 Å². The van der Waals surface area contributed by atoms with Crippen LogP contribution in [0.2, 0.25) is 0 Å². The van der Waals surface area contributed by atoms with Crippen LogP contribution in [0.4, 0.5) is 5.82 Å². The van der Waals surface area contributed by atoms with E-state index in [-0.39, 0.29) is 17.2 Å². The third-order valence-corrected chi connectivity index (χ3v) is 7.65. The largest absolute Gasteiger partial charge is 0.497 e. The van der Waals surface area contributed by atoms with Gasteiger partial charge in [-0.2, -0.15) is 0 Å². The molecule has 7 heteroatoms. The van der Waals surface area contributed by atoms with Crippen LogP contribution in [-0.4, -0.2) is 46.5 Å². The van der Waals surface area contributed by atoms with Crippen LogP contribution in [0, 0.1) is 0 Å². The number of carbonyl (C=O) groups is 2. The summed E-state index contributed by atoms with van der Waals surface area (Å²) < 4.78 is 7.18. The SMILES string of the molecule is CCCCCC1(c2ccccc2)CN(C(=O)[C@H](Cc2ccc(OC)cc2)c2nc(NC(=O)CC)cn2C)C1. The lowest BCUT2D eigenvalue weighted by atomic mass is 9.69. The molecule has 4 rings (SSSR count). The fraction of sp³-hybridized carbons (Fsp3) is 0.452. The Bertz CT molecular complexity index is 1210. The van der Waals surface area contributed by atoms with E-state index in [1.807, 2.05) is 46.8 Å². The minimum atomic E-state index is -0.468. The van der Waals surface area contributed by atoms with Crippen LogP contribution in [0.5, 0.6) is 5.75 Å². The van der Waals surface area contributed by atoms with Crippen molar-refractivity contribution in [3.63, 3.8) is 0 Å². The highest BCUT2D eigenvalue weighted by Crippen LogP contribution is 2.41. The summed E-state index contributed by atoms with van der Waals surface area (Å²) in [7, 11) is 3.53. The number of nitrogens with zero attached hydrogens (tertiary/aromatic N) is 3. The number of methoxy groups -OCH3 is 1. The smallest absolute Gasteiger partial charge is 0.233 e. The first-order chi connectivity index (χ1) is 18.4. The summed E-state index contributed by atoms with van der Waals surface area (Å²) in [6.45, 7) is 5.45. The lowest BCUT2D eigenvalue weighted by Crippen LogP contribution is -2.62. The van der Waals surface area contributed by atoms with Crippen LogP contribution >= 0.6 is 0 Å². The van der Waals surface area contributed by atoms with E-state index in [2.05, 4.69) is 36.5 Å². The lowest BCUT2D eigenvalue weighted by Gasteiger charge is -2.52. The summed E-state index contributed by atoms with van der Waals surface area (Å²) in [6, 6.07) is 18.5. The predicted molar refractivity (Wildman–Crippen MR) is 150 cm³/mol. The second kappa shape index (κ2) is 12.3. The molecule has 0 unspecified atom stereocenters. The van der Waals surface area contributed by atoms with Crippen molar-refractivity contribution in [2.24, 2.45) is 7.05 Å². The maximum Gasteiger partial charge on any atom is 0.233 e. The van der Waals surface area contributed by atoms with Crippen molar-refractivity contribution >= 4 is 17.6 Å². The summed E-state index contributed by atoms with van der Waals surface area (Å²) in [4.78, 5) is 32.8. The van der Waals surface area contributed by atoms with Gasteiger partial charge in [0.15, 0.2) is 5.82 Å². The lowest BCUT2D eigenvalue weighted by molar-refractivity contribution is -0.141. The zero-order valence-electron chi connectivity index (χ0n) is 23.1. The third kappa shape index (κ3) is 6.09. The molecule has 0 spiro atoms. The van der Waals surface area contributed by atoms with Gasteiger partial charge < -0.3 is 19.5 Å². The Morgan fingerprint density at radius 3 is 2.39 bits per heavy atom. The molecule has 1 aliphatic rings. The number of amides is 2. The molecule has 38 heavy (non-hydrogen) atoms. The second-order valence-corrected chi connectivity index (χ2v) is 10.4. The first kappa shape index (κ1) is 27.4. The van der Waals surface area contributed by atoms with Gasteiger partial charge >= 0.3 is 0 Å². The number of aryl methyl sites for hydroxylation is 1. The molecule has 1 saturated heterocycles. The molecule has 0 radical (unpaired) electrons. The molecule has 202 valence electrons. The molecular weight excluding hydrogens is 476 g/mol. The van der Waals surface area contributed by atoms with Crippen LogP contribution in [0.1, 0.15) is 68.8 Å². The van der Waals surface area contributed by atoms with Crippen molar-refractivity contribution < 1.29 is 14.3 Å². The number of ether oxygens (including phenoxy) is 1. The van der Waals surface area contributed by atoms with Crippen LogP contribution in [0.15, 0.2) is 60.8 Å². The van der Waals surface area contributed by atoms with E-state index in [4.69, 9.17) is 9.72 Å². The van der Waals surface area contributed by atoms with Gasteiger partial charge in [-0.1, -0.05) is 75.6 Å². The monoisotopic (exact) mass is 516 g/mol. The molecule has 3 aromatic rings. The minimum absolute atomic E-state index is 0.00134.